The summed E-state index contributed by atoms with van der Waals surface area (Å²) in [5.41, 5.74) is 5.53. The number of carbonyl (C=O) groups is 1. The maximum absolute atomic E-state index is 11.5. The highest BCUT2D eigenvalue weighted by Crippen LogP contribution is 2.31. The minimum atomic E-state index is -0.990. The van der Waals surface area contributed by atoms with Gasteiger partial charge in [0.05, 0.1) is 7.11 Å². The molecule has 0 bridgehead atoms. The Bertz CT molecular complexity index is 764. The molecule has 3 nitrogen and oxygen atoms in total. The number of carboxylic acid groups (broad SMARTS) is 1. The second-order valence-electron chi connectivity index (χ2n) is 6.61. The third-order valence-corrected chi connectivity index (χ3v) is 4.66. The number of benzene rings is 1. The second kappa shape index (κ2) is 9.81. The maximum atomic E-state index is 11.5. The Balaban J connectivity index is 3.45. The molecule has 0 amide bonds. The third kappa shape index (κ3) is 5.48. The lowest BCUT2D eigenvalue weighted by Crippen LogP contribution is -2.03. The summed E-state index contributed by atoms with van der Waals surface area (Å²) in [5.74, 6) is -0.220. The van der Waals surface area contributed by atoms with Crippen molar-refractivity contribution in [3.8, 4) is 5.75 Å². The maximum Gasteiger partial charge on any atom is 0.339 e. The van der Waals surface area contributed by atoms with Crippen molar-refractivity contribution in [2.24, 2.45) is 5.92 Å². The van der Waals surface area contributed by atoms with E-state index in [1.807, 2.05) is 32.1 Å². The lowest BCUT2D eigenvalue weighted by Gasteiger charge is -2.18. The molecule has 0 saturated carbocycles. The molecule has 1 rings (SSSR count). The first kappa shape index (κ1) is 21.5. The first-order valence-corrected chi connectivity index (χ1v) is 8.86. The molecule has 1 aromatic carbocycles. The average molecular weight is 354 g/mol. The van der Waals surface area contributed by atoms with Crippen molar-refractivity contribution in [3.05, 3.63) is 70.9 Å². The Labute approximate surface area is 157 Å². The van der Waals surface area contributed by atoms with Crippen LogP contribution in [0, 0.1) is 5.92 Å². The average Bonchev–Trinajstić information content (AvgIpc) is 2.62. The van der Waals surface area contributed by atoms with Crippen LogP contribution in [0.5, 0.6) is 5.75 Å². The number of rotatable bonds is 8. The van der Waals surface area contributed by atoms with Gasteiger partial charge in [0.2, 0.25) is 0 Å². The molecule has 0 aliphatic carbocycles. The Morgan fingerprint density at radius 1 is 1.31 bits per heavy atom. The topological polar surface area (TPSA) is 46.5 Å². The van der Waals surface area contributed by atoms with Crippen LogP contribution in [0.4, 0.5) is 0 Å². The van der Waals surface area contributed by atoms with E-state index >= 15 is 0 Å². The van der Waals surface area contributed by atoms with Crippen molar-refractivity contribution in [2.45, 2.75) is 41.0 Å². The van der Waals surface area contributed by atoms with E-state index in [9.17, 15) is 9.90 Å². The minimum Gasteiger partial charge on any atom is -0.496 e. The van der Waals surface area contributed by atoms with Gasteiger partial charge in [0.1, 0.15) is 11.3 Å². The SMILES string of the molecule is C=C(C)\C=C/C=C(/C(C)=C(/C)c1ccc(OC)c(C(=O)O)c1)C(C)CC. The van der Waals surface area contributed by atoms with Gasteiger partial charge in [-0.15, -0.1) is 0 Å². The first-order valence-electron chi connectivity index (χ1n) is 8.86. The summed E-state index contributed by atoms with van der Waals surface area (Å²) < 4.78 is 5.15. The van der Waals surface area contributed by atoms with Crippen LogP contribution < -0.4 is 4.74 Å². The normalized spacial score (nSPS) is 14.2. The van der Waals surface area contributed by atoms with Crippen molar-refractivity contribution < 1.29 is 14.6 Å². The highest BCUT2D eigenvalue weighted by atomic mass is 16.5. The van der Waals surface area contributed by atoms with E-state index in [1.54, 1.807) is 12.1 Å². The summed E-state index contributed by atoms with van der Waals surface area (Å²) in [6.45, 7) is 14.3. The minimum absolute atomic E-state index is 0.174. The number of allylic oxidation sites excluding steroid dienone is 7. The number of aromatic carboxylic acids is 1. The van der Waals surface area contributed by atoms with Gasteiger partial charge in [-0.2, -0.15) is 0 Å². The number of methoxy groups -OCH3 is 1. The zero-order chi connectivity index (χ0) is 19.9. The fourth-order valence-corrected chi connectivity index (χ4v) is 2.74. The predicted molar refractivity (Wildman–Crippen MR) is 110 cm³/mol. The van der Waals surface area contributed by atoms with Crippen molar-refractivity contribution in [1.29, 1.82) is 0 Å². The monoisotopic (exact) mass is 354 g/mol. The van der Waals surface area contributed by atoms with Gasteiger partial charge in [0.25, 0.3) is 0 Å². The van der Waals surface area contributed by atoms with Gasteiger partial charge in [-0.25, -0.2) is 4.79 Å². The summed E-state index contributed by atoms with van der Waals surface area (Å²) in [6, 6.07) is 5.29. The first-order chi connectivity index (χ1) is 12.2. The van der Waals surface area contributed by atoms with E-state index in [0.29, 0.717) is 11.7 Å². The van der Waals surface area contributed by atoms with Gasteiger partial charge in [-0.05, 0) is 67.5 Å². The zero-order valence-electron chi connectivity index (χ0n) is 16.7. The van der Waals surface area contributed by atoms with E-state index in [-0.39, 0.29) is 5.56 Å². The Hall–Kier alpha value is -2.55. The standard InChI is InChI=1S/C23H30O3/c1-8-16(4)20(11-9-10-15(2)3)18(6)17(5)19-12-13-22(26-7)21(14-19)23(24)25/h9-14,16H,2,8H2,1,3-7H3,(H,24,25)/b10-9-,18-17-,20-11+. The van der Waals surface area contributed by atoms with Crippen molar-refractivity contribution in [1.82, 2.24) is 0 Å². The molecule has 0 fully saturated rings. The smallest absolute Gasteiger partial charge is 0.339 e. The van der Waals surface area contributed by atoms with Crippen LogP contribution in [0.3, 0.4) is 0 Å². The Morgan fingerprint density at radius 3 is 2.46 bits per heavy atom. The molecular formula is C23H30O3. The summed E-state index contributed by atoms with van der Waals surface area (Å²) >= 11 is 0. The number of ether oxygens (including phenoxy) is 1. The molecule has 140 valence electrons. The lowest BCUT2D eigenvalue weighted by molar-refractivity contribution is 0.0693. The molecule has 3 heteroatoms. The molecule has 1 N–H and O–H groups in total. The van der Waals surface area contributed by atoms with Crippen LogP contribution in [-0.2, 0) is 0 Å². The molecule has 1 unspecified atom stereocenters. The van der Waals surface area contributed by atoms with Crippen molar-refractivity contribution >= 4 is 11.5 Å². The van der Waals surface area contributed by atoms with Crippen LogP contribution in [0.2, 0.25) is 0 Å². The van der Waals surface area contributed by atoms with E-state index in [0.717, 1.165) is 28.7 Å². The Morgan fingerprint density at radius 2 is 1.96 bits per heavy atom. The van der Waals surface area contributed by atoms with Gasteiger partial charge >= 0.3 is 5.97 Å². The van der Waals surface area contributed by atoms with E-state index < -0.39 is 5.97 Å². The summed E-state index contributed by atoms with van der Waals surface area (Å²) in [6.07, 6.45) is 7.17. The summed E-state index contributed by atoms with van der Waals surface area (Å²) in [4.78, 5) is 11.5. The highest BCUT2D eigenvalue weighted by Gasteiger charge is 2.15. The molecule has 0 heterocycles. The number of carboxylic acids is 1. The number of hydrogen-bond acceptors (Lipinski definition) is 2. The van der Waals surface area contributed by atoms with E-state index in [2.05, 4.69) is 33.4 Å². The zero-order valence-corrected chi connectivity index (χ0v) is 16.7. The molecule has 1 aromatic rings. The van der Waals surface area contributed by atoms with Crippen LogP contribution in [0.15, 0.2) is 59.7 Å². The molecule has 0 radical (unpaired) electrons. The molecule has 26 heavy (non-hydrogen) atoms. The van der Waals surface area contributed by atoms with Crippen molar-refractivity contribution in [3.63, 3.8) is 0 Å². The second-order valence-corrected chi connectivity index (χ2v) is 6.61. The molecular weight excluding hydrogens is 324 g/mol. The van der Waals surface area contributed by atoms with Gasteiger partial charge in [0.15, 0.2) is 0 Å². The van der Waals surface area contributed by atoms with Gasteiger partial charge in [-0.1, -0.05) is 50.3 Å². The van der Waals surface area contributed by atoms with E-state index in [4.69, 9.17) is 4.74 Å². The van der Waals surface area contributed by atoms with Gasteiger partial charge in [0, 0.05) is 0 Å². The molecule has 0 aromatic heterocycles. The van der Waals surface area contributed by atoms with Crippen molar-refractivity contribution in [2.75, 3.05) is 7.11 Å². The molecule has 0 aliphatic heterocycles. The van der Waals surface area contributed by atoms with Crippen LogP contribution >= 0.6 is 0 Å². The van der Waals surface area contributed by atoms with Gasteiger partial charge in [-0.3, -0.25) is 0 Å². The molecule has 1 atom stereocenters. The number of hydrogen-bond donors (Lipinski definition) is 1. The third-order valence-electron chi connectivity index (χ3n) is 4.66. The fraction of sp³-hybridized carbons (Fsp3) is 0.348. The molecule has 0 aliphatic rings. The summed E-state index contributed by atoms with van der Waals surface area (Å²) in [5, 5.41) is 9.42. The van der Waals surface area contributed by atoms with Crippen LogP contribution in [0.25, 0.3) is 5.57 Å². The summed E-state index contributed by atoms with van der Waals surface area (Å²) in [7, 11) is 1.48. The molecule has 0 saturated heterocycles. The van der Waals surface area contributed by atoms with Gasteiger partial charge < -0.3 is 9.84 Å². The van der Waals surface area contributed by atoms with Crippen LogP contribution in [0.1, 0.15) is 57.0 Å². The lowest BCUT2D eigenvalue weighted by atomic mass is 9.87. The molecule has 0 spiro atoms. The predicted octanol–water partition coefficient (Wildman–Crippen LogP) is 6.29. The largest absolute Gasteiger partial charge is 0.496 e. The highest BCUT2D eigenvalue weighted by molar-refractivity contribution is 5.92. The quantitative estimate of drug-likeness (QED) is 0.558. The Kier molecular flexibility index (Phi) is 8.11. The van der Waals surface area contributed by atoms with E-state index in [1.165, 1.54) is 12.7 Å². The fourth-order valence-electron chi connectivity index (χ4n) is 2.74. The van der Waals surface area contributed by atoms with Crippen LogP contribution in [-0.4, -0.2) is 18.2 Å².